The Labute approximate surface area is 233 Å². The van der Waals surface area contributed by atoms with Crippen LogP contribution >= 0.6 is 11.8 Å². The molecule has 2 N–H and O–H groups in total. The summed E-state index contributed by atoms with van der Waals surface area (Å²) in [5.41, 5.74) is 4.65. The molecule has 1 aliphatic carbocycles. The number of carboxylic acids is 1. The van der Waals surface area contributed by atoms with Gasteiger partial charge in [-0.25, -0.2) is 4.79 Å². The number of nitrogens with one attached hydrogen (secondary N) is 1. The summed E-state index contributed by atoms with van der Waals surface area (Å²) in [6, 6.07) is 13.2. The van der Waals surface area contributed by atoms with E-state index in [0.717, 1.165) is 41.3 Å². The van der Waals surface area contributed by atoms with Crippen molar-refractivity contribution in [1.82, 2.24) is 10.2 Å². The van der Waals surface area contributed by atoms with E-state index < -0.39 is 12.0 Å². The fourth-order valence-electron chi connectivity index (χ4n) is 5.40. The zero-order valence-electron chi connectivity index (χ0n) is 23.9. The average Bonchev–Trinajstić information content (AvgIpc) is 2.88. The molecule has 2 aromatic carbocycles. The molecule has 1 aliphatic rings. The van der Waals surface area contributed by atoms with Gasteiger partial charge in [-0.1, -0.05) is 62.4 Å². The van der Waals surface area contributed by atoms with E-state index in [1.54, 1.807) is 11.8 Å². The normalized spacial score (nSPS) is 15.4. The third kappa shape index (κ3) is 8.60. The summed E-state index contributed by atoms with van der Waals surface area (Å²) < 4.78 is 0. The van der Waals surface area contributed by atoms with Crippen LogP contribution in [0.2, 0.25) is 0 Å². The van der Waals surface area contributed by atoms with Gasteiger partial charge < -0.3 is 10.4 Å². The Morgan fingerprint density at radius 3 is 2.42 bits per heavy atom. The highest BCUT2D eigenvalue weighted by molar-refractivity contribution is 7.98. The Morgan fingerprint density at radius 2 is 1.79 bits per heavy atom. The van der Waals surface area contributed by atoms with Gasteiger partial charge in [0.15, 0.2) is 0 Å². The Morgan fingerprint density at radius 1 is 1.08 bits per heavy atom. The number of nitrogens with zero attached hydrogens (tertiary/aromatic N) is 1. The molecule has 1 fully saturated rings. The first-order valence-corrected chi connectivity index (χ1v) is 15.5. The summed E-state index contributed by atoms with van der Waals surface area (Å²) in [5, 5.41) is 12.4. The second-order valence-corrected chi connectivity index (χ2v) is 12.7. The van der Waals surface area contributed by atoms with Crippen LogP contribution < -0.4 is 5.32 Å². The molecule has 0 spiro atoms. The number of carboxylic acid groups (broad SMARTS) is 1. The fraction of sp³-hybridized carbons (Fsp3) is 0.562. The van der Waals surface area contributed by atoms with Crippen molar-refractivity contribution in [1.29, 1.82) is 0 Å². The first kappa shape index (κ1) is 30.2. The van der Waals surface area contributed by atoms with E-state index in [0.29, 0.717) is 17.7 Å². The van der Waals surface area contributed by atoms with Crippen LogP contribution in [0, 0.1) is 12.8 Å². The van der Waals surface area contributed by atoms with Gasteiger partial charge in [0, 0.05) is 17.6 Å². The maximum absolute atomic E-state index is 13.4. The van der Waals surface area contributed by atoms with Gasteiger partial charge in [-0.15, -0.1) is 0 Å². The van der Waals surface area contributed by atoms with Crippen molar-refractivity contribution in [3.8, 4) is 11.1 Å². The summed E-state index contributed by atoms with van der Waals surface area (Å²) >= 11 is 1.58. The molecule has 0 radical (unpaired) electrons. The number of hydrogen-bond donors (Lipinski definition) is 2. The van der Waals surface area contributed by atoms with Gasteiger partial charge in [0.1, 0.15) is 6.04 Å². The molecule has 1 amide bonds. The van der Waals surface area contributed by atoms with Crippen molar-refractivity contribution >= 4 is 23.6 Å². The standard InChI is InChI=1S/C32H46N2O3S/c1-23-11-9-10-14-26(23)28-21-25(15-16-27(28)30(35)33-29(31(36)37)18-20-38-5)22-34(32(2,3)4)19-17-24-12-7-6-8-13-24/h9-11,14-16,21,24,29H,6-8,12-13,17-20,22H2,1-5H3,(H,33,35)(H,36,37)/t29-/m0/s1. The molecular formula is C32H46N2O3S. The van der Waals surface area contributed by atoms with Crippen LogP contribution in [0.3, 0.4) is 0 Å². The molecule has 0 heterocycles. The summed E-state index contributed by atoms with van der Waals surface area (Å²) in [6.45, 7) is 10.7. The lowest BCUT2D eigenvalue weighted by Gasteiger charge is -2.37. The molecule has 5 nitrogen and oxygen atoms in total. The molecule has 0 aromatic heterocycles. The highest BCUT2D eigenvalue weighted by Gasteiger charge is 2.26. The summed E-state index contributed by atoms with van der Waals surface area (Å²) in [4.78, 5) is 27.8. The van der Waals surface area contributed by atoms with Crippen LogP contribution in [0.1, 0.15) is 87.2 Å². The van der Waals surface area contributed by atoms with Crippen LogP contribution in [-0.4, -0.2) is 52.0 Å². The first-order valence-electron chi connectivity index (χ1n) is 14.1. The first-order chi connectivity index (χ1) is 18.1. The monoisotopic (exact) mass is 538 g/mol. The zero-order chi connectivity index (χ0) is 27.7. The maximum Gasteiger partial charge on any atom is 0.326 e. The molecule has 1 saturated carbocycles. The van der Waals surface area contributed by atoms with Crippen LogP contribution in [0.4, 0.5) is 0 Å². The Kier molecular flexibility index (Phi) is 11.3. The molecule has 38 heavy (non-hydrogen) atoms. The molecular weight excluding hydrogens is 492 g/mol. The Hall–Kier alpha value is -2.31. The number of carbonyl (C=O) groups is 2. The van der Waals surface area contributed by atoms with Gasteiger partial charge in [0.2, 0.25) is 0 Å². The number of aryl methyl sites for hydroxylation is 1. The smallest absolute Gasteiger partial charge is 0.326 e. The second-order valence-electron chi connectivity index (χ2n) is 11.7. The lowest BCUT2D eigenvalue weighted by Crippen LogP contribution is -2.42. The molecule has 1 atom stereocenters. The van der Waals surface area contributed by atoms with Gasteiger partial charge in [-0.3, -0.25) is 9.69 Å². The summed E-state index contributed by atoms with van der Waals surface area (Å²) in [6.07, 6.45) is 10.4. The zero-order valence-corrected chi connectivity index (χ0v) is 24.7. The molecule has 2 aromatic rings. The SMILES string of the molecule is CSCC[C@H](NC(=O)c1ccc(CN(CCC2CCCCC2)C(C)(C)C)cc1-c1ccccc1C)C(=O)O. The molecule has 0 unspecified atom stereocenters. The van der Waals surface area contributed by atoms with Crippen molar-refractivity contribution in [2.24, 2.45) is 5.92 Å². The minimum atomic E-state index is -1.000. The highest BCUT2D eigenvalue weighted by Crippen LogP contribution is 2.31. The van der Waals surface area contributed by atoms with Gasteiger partial charge in [-0.2, -0.15) is 11.8 Å². The molecule has 0 bridgehead atoms. The molecule has 0 saturated heterocycles. The number of carbonyl (C=O) groups excluding carboxylic acids is 1. The van der Waals surface area contributed by atoms with Gasteiger partial charge in [0.05, 0.1) is 0 Å². The van der Waals surface area contributed by atoms with Crippen LogP contribution in [-0.2, 0) is 11.3 Å². The third-order valence-electron chi connectivity index (χ3n) is 7.83. The molecule has 3 rings (SSSR count). The maximum atomic E-state index is 13.4. The van der Waals surface area contributed by atoms with E-state index in [1.807, 2.05) is 49.6 Å². The van der Waals surface area contributed by atoms with Crippen molar-refractivity contribution in [3.63, 3.8) is 0 Å². The number of hydrogen-bond acceptors (Lipinski definition) is 4. The average molecular weight is 539 g/mol. The summed E-state index contributed by atoms with van der Waals surface area (Å²) in [5.74, 6) is 0.161. The van der Waals surface area contributed by atoms with Crippen LogP contribution in [0.5, 0.6) is 0 Å². The van der Waals surface area contributed by atoms with Crippen molar-refractivity contribution in [2.45, 2.75) is 90.8 Å². The number of benzene rings is 2. The van der Waals surface area contributed by atoms with E-state index in [2.05, 4.69) is 37.1 Å². The third-order valence-corrected chi connectivity index (χ3v) is 8.48. The number of amides is 1. The molecule has 6 heteroatoms. The highest BCUT2D eigenvalue weighted by atomic mass is 32.2. The van der Waals surface area contributed by atoms with E-state index in [9.17, 15) is 14.7 Å². The van der Waals surface area contributed by atoms with E-state index in [1.165, 1.54) is 38.5 Å². The number of aliphatic carboxylic acids is 1. The van der Waals surface area contributed by atoms with Crippen molar-refractivity contribution in [2.75, 3.05) is 18.6 Å². The van der Waals surface area contributed by atoms with Crippen LogP contribution in [0.25, 0.3) is 11.1 Å². The van der Waals surface area contributed by atoms with E-state index in [4.69, 9.17) is 0 Å². The lowest BCUT2D eigenvalue weighted by molar-refractivity contribution is -0.139. The fourth-order valence-corrected chi connectivity index (χ4v) is 5.87. The van der Waals surface area contributed by atoms with Gasteiger partial charge in [-0.05, 0) is 99.4 Å². The number of rotatable bonds is 12. The minimum absolute atomic E-state index is 0.0273. The van der Waals surface area contributed by atoms with Crippen LogP contribution in [0.15, 0.2) is 42.5 Å². The lowest BCUT2D eigenvalue weighted by atomic mass is 9.86. The topological polar surface area (TPSA) is 69.6 Å². The molecule has 208 valence electrons. The Bertz CT molecular complexity index is 1070. The van der Waals surface area contributed by atoms with E-state index in [-0.39, 0.29) is 11.4 Å². The van der Waals surface area contributed by atoms with Crippen molar-refractivity contribution < 1.29 is 14.7 Å². The minimum Gasteiger partial charge on any atom is -0.480 e. The van der Waals surface area contributed by atoms with Crippen molar-refractivity contribution in [3.05, 3.63) is 59.2 Å². The Balaban J connectivity index is 1.89. The molecule has 0 aliphatic heterocycles. The van der Waals surface area contributed by atoms with Gasteiger partial charge in [0.25, 0.3) is 5.91 Å². The quantitative estimate of drug-likeness (QED) is 0.300. The van der Waals surface area contributed by atoms with Gasteiger partial charge >= 0.3 is 5.97 Å². The number of thioether (sulfide) groups is 1. The largest absolute Gasteiger partial charge is 0.480 e. The summed E-state index contributed by atoms with van der Waals surface area (Å²) in [7, 11) is 0. The second kappa shape index (κ2) is 14.2. The predicted octanol–water partition coefficient (Wildman–Crippen LogP) is 7.17. The predicted molar refractivity (Wildman–Crippen MR) is 160 cm³/mol. The van der Waals surface area contributed by atoms with E-state index >= 15 is 0 Å².